The summed E-state index contributed by atoms with van der Waals surface area (Å²) < 4.78 is 41.7. The predicted molar refractivity (Wildman–Crippen MR) is 181 cm³/mol. The number of carbonyl (C=O) groups excluding carboxylic acids is 2. The van der Waals surface area contributed by atoms with Crippen LogP contribution in [-0.2, 0) is 9.53 Å². The third-order valence-corrected chi connectivity index (χ3v) is 7.54. The number of carbonyl (C=O) groups is 2. The average molecular weight is 661 g/mol. The number of rotatable bonds is 7. The van der Waals surface area contributed by atoms with Gasteiger partial charge < -0.3 is 25.0 Å². The zero-order valence-corrected chi connectivity index (χ0v) is 28.4. The first-order valence-corrected chi connectivity index (χ1v) is 15.9. The van der Waals surface area contributed by atoms with Gasteiger partial charge in [0.1, 0.15) is 23.3 Å². The molecule has 2 amide bonds. The number of ether oxygens (including phenoxy) is 2. The van der Waals surface area contributed by atoms with Crippen LogP contribution < -0.4 is 15.4 Å². The Labute approximate surface area is 279 Å². The highest BCUT2D eigenvalue weighted by Crippen LogP contribution is 2.39. The molecule has 254 valence electrons. The van der Waals surface area contributed by atoms with E-state index in [-0.39, 0.29) is 54.8 Å². The van der Waals surface area contributed by atoms with E-state index in [0.717, 1.165) is 5.56 Å². The molecule has 2 N–H and O–H groups in total. The van der Waals surface area contributed by atoms with Crippen LogP contribution in [0.5, 0.6) is 11.6 Å². The van der Waals surface area contributed by atoms with E-state index in [1.54, 1.807) is 69.6 Å². The number of aromatic nitrogens is 3. The molecule has 0 spiro atoms. The number of alkyl halides is 1. The number of benzene rings is 2. The summed E-state index contributed by atoms with van der Waals surface area (Å²) in [6.45, 7) is 13.2. The fourth-order valence-corrected chi connectivity index (χ4v) is 5.53. The SMILES string of the molecule is Cc1ccc2c(NC(=O)CC(C)(C)C)c(F)ccc2c1Oc1ncccc1-c1ccnc(N[C@H]2CC(F)CN(C(=O)OC(C)(C)C)C2)n1. The summed E-state index contributed by atoms with van der Waals surface area (Å²) in [6, 6.07) is 11.3. The zero-order chi connectivity index (χ0) is 34.8. The molecule has 5 rings (SSSR count). The Morgan fingerprint density at radius 3 is 2.46 bits per heavy atom. The van der Waals surface area contributed by atoms with Crippen LogP contribution in [0.3, 0.4) is 0 Å². The van der Waals surface area contributed by atoms with E-state index in [0.29, 0.717) is 27.8 Å². The van der Waals surface area contributed by atoms with Crippen molar-refractivity contribution in [1.82, 2.24) is 19.9 Å². The van der Waals surface area contributed by atoms with Crippen molar-refractivity contribution in [3.05, 3.63) is 66.2 Å². The normalized spacial score (nSPS) is 16.8. The Morgan fingerprint density at radius 2 is 1.73 bits per heavy atom. The van der Waals surface area contributed by atoms with Gasteiger partial charge in [-0.3, -0.25) is 4.79 Å². The number of fused-ring (bicyclic) bond motifs is 1. The van der Waals surface area contributed by atoms with Crippen molar-refractivity contribution in [1.29, 1.82) is 0 Å². The molecule has 1 unspecified atom stereocenters. The predicted octanol–water partition coefficient (Wildman–Crippen LogP) is 8.07. The van der Waals surface area contributed by atoms with Crippen LogP contribution in [0.25, 0.3) is 22.0 Å². The van der Waals surface area contributed by atoms with Crippen molar-refractivity contribution < 1.29 is 27.8 Å². The lowest BCUT2D eigenvalue weighted by Crippen LogP contribution is -2.51. The minimum Gasteiger partial charge on any atom is -0.444 e. The first kappa shape index (κ1) is 34.5. The molecule has 1 saturated heterocycles. The number of pyridine rings is 1. The maximum absolute atomic E-state index is 15.1. The third kappa shape index (κ3) is 8.53. The lowest BCUT2D eigenvalue weighted by Gasteiger charge is -2.36. The fraction of sp³-hybridized carbons (Fsp3) is 0.417. The van der Waals surface area contributed by atoms with Gasteiger partial charge in [0.25, 0.3) is 0 Å². The molecule has 1 fully saturated rings. The quantitative estimate of drug-likeness (QED) is 0.204. The number of hydrogen-bond donors (Lipinski definition) is 2. The number of hydrogen-bond acceptors (Lipinski definition) is 8. The van der Waals surface area contributed by atoms with Gasteiger partial charge in [-0.25, -0.2) is 28.5 Å². The summed E-state index contributed by atoms with van der Waals surface area (Å²) in [7, 11) is 0. The van der Waals surface area contributed by atoms with E-state index < -0.39 is 29.7 Å². The molecule has 2 aromatic heterocycles. The minimum absolute atomic E-state index is 0.0462. The van der Waals surface area contributed by atoms with Gasteiger partial charge in [-0.1, -0.05) is 32.9 Å². The summed E-state index contributed by atoms with van der Waals surface area (Å²) in [5, 5.41) is 7.01. The van der Waals surface area contributed by atoms with E-state index in [1.807, 2.05) is 27.7 Å². The van der Waals surface area contributed by atoms with Crippen molar-refractivity contribution >= 4 is 34.4 Å². The van der Waals surface area contributed by atoms with Gasteiger partial charge in [-0.05, 0) is 69.0 Å². The van der Waals surface area contributed by atoms with Gasteiger partial charge in [0.15, 0.2) is 0 Å². The molecule has 2 atom stereocenters. The molecular weight excluding hydrogens is 618 g/mol. The molecule has 0 radical (unpaired) electrons. The molecule has 4 aromatic rings. The van der Waals surface area contributed by atoms with Crippen LogP contribution >= 0.6 is 0 Å². The first-order chi connectivity index (χ1) is 22.6. The Morgan fingerprint density at radius 1 is 0.979 bits per heavy atom. The van der Waals surface area contributed by atoms with Crippen LogP contribution in [0.2, 0.25) is 0 Å². The van der Waals surface area contributed by atoms with E-state index in [1.165, 1.54) is 11.0 Å². The van der Waals surface area contributed by atoms with E-state index >= 15 is 4.39 Å². The molecular formula is C36H42F2N6O4. The van der Waals surface area contributed by atoms with Crippen molar-refractivity contribution in [3.63, 3.8) is 0 Å². The maximum atomic E-state index is 15.1. The second-order valence-electron chi connectivity index (χ2n) is 14.3. The van der Waals surface area contributed by atoms with Gasteiger partial charge in [-0.15, -0.1) is 0 Å². The maximum Gasteiger partial charge on any atom is 0.410 e. The Balaban J connectivity index is 1.41. The molecule has 12 heteroatoms. The van der Waals surface area contributed by atoms with Crippen molar-refractivity contribution in [2.24, 2.45) is 5.41 Å². The number of aryl methyl sites for hydroxylation is 1. The largest absolute Gasteiger partial charge is 0.444 e. The molecule has 0 bridgehead atoms. The molecule has 0 saturated carbocycles. The molecule has 48 heavy (non-hydrogen) atoms. The molecule has 1 aliphatic heterocycles. The topological polar surface area (TPSA) is 119 Å². The second-order valence-corrected chi connectivity index (χ2v) is 14.3. The van der Waals surface area contributed by atoms with Crippen LogP contribution in [-0.4, -0.2) is 62.8 Å². The number of nitrogens with zero attached hydrogens (tertiary/aromatic N) is 4. The molecule has 0 aliphatic carbocycles. The average Bonchev–Trinajstić information content (AvgIpc) is 2.98. The van der Waals surface area contributed by atoms with Gasteiger partial charge >= 0.3 is 6.09 Å². The summed E-state index contributed by atoms with van der Waals surface area (Å²) in [6.07, 6.45) is 1.74. The van der Waals surface area contributed by atoms with Gasteiger partial charge in [0, 0.05) is 48.6 Å². The van der Waals surface area contributed by atoms with Crippen LogP contribution in [0.15, 0.2) is 54.9 Å². The summed E-state index contributed by atoms with van der Waals surface area (Å²) in [5.41, 5.74) is 0.941. The number of halogens is 2. The number of amides is 2. The lowest BCUT2D eigenvalue weighted by molar-refractivity contribution is -0.117. The monoisotopic (exact) mass is 660 g/mol. The number of anilines is 2. The fourth-order valence-electron chi connectivity index (χ4n) is 5.53. The van der Waals surface area contributed by atoms with Crippen molar-refractivity contribution in [2.75, 3.05) is 23.7 Å². The zero-order valence-electron chi connectivity index (χ0n) is 28.4. The lowest BCUT2D eigenvalue weighted by atomic mass is 9.92. The summed E-state index contributed by atoms with van der Waals surface area (Å²) >= 11 is 0. The van der Waals surface area contributed by atoms with E-state index in [4.69, 9.17) is 9.47 Å². The third-order valence-electron chi connectivity index (χ3n) is 7.54. The highest BCUT2D eigenvalue weighted by Gasteiger charge is 2.33. The Hall–Kier alpha value is -4.87. The van der Waals surface area contributed by atoms with Crippen LogP contribution in [0, 0.1) is 18.2 Å². The smallest absolute Gasteiger partial charge is 0.410 e. The van der Waals surface area contributed by atoms with Crippen LogP contribution in [0.4, 0.5) is 25.2 Å². The number of nitrogens with one attached hydrogen (secondary N) is 2. The molecule has 10 nitrogen and oxygen atoms in total. The van der Waals surface area contributed by atoms with Gasteiger partial charge in [0.05, 0.1) is 23.5 Å². The number of piperidine rings is 1. The summed E-state index contributed by atoms with van der Waals surface area (Å²) in [5.74, 6) is 0.107. The highest BCUT2D eigenvalue weighted by molar-refractivity contribution is 6.05. The minimum atomic E-state index is -1.24. The van der Waals surface area contributed by atoms with Crippen molar-refractivity contribution in [3.8, 4) is 22.9 Å². The van der Waals surface area contributed by atoms with E-state index in [9.17, 15) is 14.0 Å². The Bertz CT molecular complexity index is 1820. The molecule has 1 aliphatic rings. The number of likely N-dealkylation sites (tertiary alicyclic amines) is 1. The summed E-state index contributed by atoms with van der Waals surface area (Å²) in [4.78, 5) is 40.2. The molecule has 2 aromatic carbocycles. The van der Waals surface area contributed by atoms with Gasteiger partial charge in [-0.2, -0.15) is 0 Å². The van der Waals surface area contributed by atoms with Crippen molar-refractivity contribution in [2.45, 2.75) is 79.1 Å². The van der Waals surface area contributed by atoms with Crippen LogP contribution in [0.1, 0.15) is 59.9 Å². The van der Waals surface area contributed by atoms with E-state index in [2.05, 4.69) is 25.6 Å². The highest BCUT2D eigenvalue weighted by atomic mass is 19.1. The second kappa shape index (κ2) is 13.7. The first-order valence-electron chi connectivity index (χ1n) is 15.9. The molecule has 3 heterocycles. The Kier molecular flexibility index (Phi) is 9.84. The standard InChI is InChI=1S/C36H42F2N6O4/c1-21-10-11-24-25(12-13-27(38)30(24)43-29(45)18-35(2,3)4)31(21)47-32-26(9-8-15-39-32)28-14-16-40-33(42-28)41-23-17-22(37)19-44(20-23)34(46)48-36(5,6)7/h8-16,22-23H,17-20H2,1-7H3,(H,43,45)(H,40,41,42)/t22?,23-/m0/s1. The van der Waals surface area contributed by atoms with Gasteiger partial charge in [0.2, 0.25) is 17.7 Å².